The maximum atomic E-state index is 11.6. The molecule has 0 saturated heterocycles. The molecule has 0 saturated carbocycles. The number of rotatable bonds is 2. The number of hydrogen-bond donors (Lipinski definition) is 2. The first-order chi connectivity index (χ1) is 10.2. The lowest BCUT2D eigenvalue weighted by Crippen LogP contribution is -2.30. The van der Waals surface area contributed by atoms with Crippen LogP contribution in [-0.2, 0) is 11.2 Å². The van der Waals surface area contributed by atoms with E-state index in [9.17, 15) is 4.79 Å². The molecule has 2 N–H and O–H groups in total. The van der Waals surface area contributed by atoms with E-state index in [1.807, 2.05) is 0 Å². The van der Waals surface area contributed by atoms with Crippen molar-refractivity contribution in [3.63, 3.8) is 0 Å². The van der Waals surface area contributed by atoms with Crippen LogP contribution in [0.25, 0.3) is 10.2 Å². The third-order valence-electron chi connectivity index (χ3n) is 3.71. The van der Waals surface area contributed by atoms with Crippen LogP contribution >= 0.6 is 23.1 Å². The summed E-state index contributed by atoms with van der Waals surface area (Å²) in [7, 11) is 1.65. The van der Waals surface area contributed by atoms with Gasteiger partial charge in [-0.2, -0.15) is 0 Å². The Morgan fingerprint density at radius 1 is 1.48 bits per heavy atom. The third kappa shape index (κ3) is 2.20. The minimum atomic E-state index is -0.284. The van der Waals surface area contributed by atoms with Crippen LogP contribution < -0.4 is 10.6 Å². The van der Waals surface area contributed by atoms with E-state index in [1.165, 1.54) is 16.0 Å². The van der Waals surface area contributed by atoms with Crippen LogP contribution in [0.2, 0.25) is 0 Å². The minimum Gasteiger partial charge on any atom is -0.384 e. The van der Waals surface area contributed by atoms with Crippen LogP contribution in [0.4, 0.5) is 5.69 Å². The van der Waals surface area contributed by atoms with Gasteiger partial charge in [-0.1, -0.05) is 0 Å². The van der Waals surface area contributed by atoms with E-state index in [4.69, 9.17) is 4.98 Å². The monoisotopic (exact) mass is 318 g/mol. The summed E-state index contributed by atoms with van der Waals surface area (Å²) in [5.41, 5.74) is 3.59. The van der Waals surface area contributed by atoms with E-state index < -0.39 is 0 Å². The molecule has 21 heavy (non-hydrogen) atoms. The molecule has 0 unspecified atom stereocenters. The minimum absolute atomic E-state index is 0.0261. The number of nitrogens with one attached hydrogen (secondary N) is 2. The van der Waals surface area contributed by atoms with Crippen molar-refractivity contribution < 1.29 is 4.79 Å². The van der Waals surface area contributed by atoms with Crippen molar-refractivity contribution in [3.05, 3.63) is 22.7 Å². The number of hydrogen-bond acceptors (Lipinski definition) is 6. The first kappa shape index (κ1) is 13.1. The standard InChI is InChI=1S/C14H14N4OS2/c1-15-12(19)10-6-20-13(18-10)14-17-9-4-7-2-3-16-8(7)5-11(9)21-14/h4-5,10,16H,2-3,6H2,1H3,(H,15,19)/t10-/m1/s1. The molecule has 7 heteroatoms. The van der Waals surface area contributed by atoms with Crippen molar-refractivity contribution in [1.29, 1.82) is 0 Å². The average Bonchev–Trinajstić information content (AvgIpc) is 3.20. The summed E-state index contributed by atoms with van der Waals surface area (Å²) in [5, 5.41) is 7.85. The molecule has 4 rings (SSSR count). The summed E-state index contributed by atoms with van der Waals surface area (Å²) in [6.45, 7) is 1.01. The van der Waals surface area contributed by atoms with Crippen LogP contribution in [0.1, 0.15) is 10.6 Å². The Balaban J connectivity index is 1.70. The highest BCUT2D eigenvalue weighted by atomic mass is 32.2. The van der Waals surface area contributed by atoms with Gasteiger partial charge in [0, 0.05) is 25.0 Å². The number of likely N-dealkylation sites (N-methyl/N-ethyl adjacent to an activating group) is 1. The van der Waals surface area contributed by atoms with Gasteiger partial charge >= 0.3 is 0 Å². The Morgan fingerprint density at radius 2 is 2.38 bits per heavy atom. The topological polar surface area (TPSA) is 66.4 Å². The molecule has 1 amide bonds. The van der Waals surface area contributed by atoms with Crippen molar-refractivity contribution >= 4 is 50.0 Å². The smallest absolute Gasteiger partial charge is 0.245 e. The molecule has 0 radical (unpaired) electrons. The summed E-state index contributed by atoms with van der Waals surface area (Å²) in [5.74, 6) is 0.671. The van der Waals surface area contributed by atoms with Crippen molar-refractivity contribution in [2.45, 2.75) is 12.5 Å². The fraction of sp³-hybridized carbons (Fsp3) is 0.357. The molecule has 2 aliphatic rings. The number of aliphatic imine (C=N–C) groups is 1. The summed E-state index contributed by atoms with van der Waals surface area (Å²) < 4.78 is 1.17. The van der Waals surface area contributed by atoms with Crippen LogP contribution in [-0.4, -0.2) is 41.3 Å². The Kier molecular flexibility index (Phi) is 3.11. The Bertz CT molecular complexity index is 727. The zero-order valence-electron chi connectivity index (χ0n) is 11.5. The third-order valence-corrected chi connectivity index (χ3v) is 5.91. The number of carbonyl (C=O) groups is 1. The number of carbonyl (C=O) groups excluding carboxylic acids is 1. The fourth-order valence-electron chi connectivity index (χ4n) is 2.60. The fourth-order valence-corrected chi connectivity index (χ4v) is 4.70. The first-order valence-corrected chi connectivity index (χ1v) is 8.65. The van der Waals surface area contributed by atoms with E-state index in [0.717, 1.165) is 28.5 Å². The molecule has 3 heterocycles. The van der Waals surface area contributed by atoms with E-state index in [-0.39, 0.29) is 11.9 Å². The van der Waals surface area contributed by atoms with Gasteiger partial charge in [-0.3, -0.25) is 9.79 Å². The van der Waals surface area contributed by atoms with Crippen LogP contribution in [0.15, 0.2) is 17.1 Å². The molecule has 2 aromatic rings. The van der Waals surface area contributed by atoms with Gasteiger partial charge in [0.2, 0.25) is 5.91 Å². The SMILES string of the molecule is CNC(=O)[C@H]1CSC(c2nc3cc4c(cc3s2)NCC4)=N1. The highest BCUT2D eigenvalue weighted by Crippen LogP contribution is 2.34. The number of amides is 1. The first-order valence-electron chi connectivity index (χ1n) is 6.84. The molecule has 108 valence electrons. The van der Waals surface area contributed by atoms with Gasteiger partial charge < -0.3 is 10.6 Å². The van der Waals surface area contributed by atoms with Gasteiger partial charge in [0.25, 0.3) is 0 Å². The van der Waals surface area contributed by atoms with Crippen LogP contribution in [0, 0.1) is 0 Å². The molecule has 0 aliphatic carbocycles. The Hall–Kier alpha value is -1.60. The predicted octanol–water partition coefficient (Wildman–Crippen LogP) is 1.87. The number of nitrogens with zero attached hydrogens (tertiary/aromatic N) is 2. The summed E-state index contributed by atoms with van der Waals surface area (Å²) in [6, 6.07) is 4.06. The lowest BCUT2D eigenvalue weighted by Gasteiger charge is -2.01. The van der Waals surface area contributed by atoms with E-state index >= 15 is 0 Å². The van der Waals surface area contributed by atoms with Crippen LogP contribution in [0.3, 0.4) is 0 Å². The zero-order chi connectivity index (χ0) is 14.4. The number of anilines is 1. The van der Waals surface area contributed by atoms with Crippen LogP contribution in [0.5, 0.6) is 0 Å². The second-order valence-corrected chi connectivity index (χ2v) is 7.09. The van der Waals surface area contributed by atoms with Gasteiger partial charge in [0.1, 0.15) is 16.1 Å². The number of thiazole rings is 1. The molecule has 1 atom stereocenters. The van der Waals surface area contributed by atoms with Crippen molar-refractivity contribution in [3.8, 4) is 0 Å². The molecule has 0 fully saturated rings. The molecule has 0 bridgehead atoms. The highest BCUT2D eigenvalue weighted by molar-refractivity contribution is 8.15. The highest BCUT2D eigenvalue weighted by Gasteiger charge is 2.26. The van der Waals surface area contributed by atoms with Gasteiger partial charge in [-0.15, -0.1) is 23.1 Å². The normalized spacial score (nSPS) is 20.2. The summed E-state index contributed by atoms with van der Waals surface area (Å²) >= 11 is 3.26. The molecule has 5 nitrogen and oxygen atoms in total. The molecular weight excluding hydrogens is 304 g/mol. The van der Waals surface area contributed by atoms with Crippen molar-refractivity contribution in [2.75, 3.05) is 24.7 Å². The van der Waals surface area contributed by atoms with Gasteiger partial charge in [0.15, 0.2) is 0 Å². The van der Waals surface area contributed by atoms with Gasteiger partial charge in [-0.25, -0.2) is 4.98 Å². The van der Waals surface area contributed by atoms with Crippen molar-refractivity contribution in [2.24, 2.45) is 4.99 Å². The lowest BCUT2D eigenvalue weighted by atomic mass is 10.1. The lowest BCUT2D eigenvalue weighted by molar-refractivity contribution is -0.121. The molecule has 0 spiro atoms. The van der Waals surface area contributed by atoms with Gasteiger partial charge in [-0.05, 0) is 24.1 Å². The molecule has 1 aromatic heterocycles. The number of fused-ring (bicyclic) bond motifs is 2. The zero-order valence-corrected chi connectivity index (χ0v) is 13.1. The second-order valence-electron chi connectivity index (χ2n) is 5.05. The van der Waals surface area contributed by atoms with Gasteiger partial charge in [0.05, 0.1) is 10.2 Å². The van der Waals surface area contributed by atoms with E-state index in [1.54, 1.807) is 30.1 Å². The summed E-state index contributed by atoms with van der Waals surface area (Å²) in [6.07, 6.45) is 1.06. The van der Waals surface area contributed by atoms with E-state index in [2.05, 4.69) is 27.8 Å². The predicted molar refractivity (Wildman–Crippen MR) is 88.7 cm³/mol. The number of aromatic nitrogens is 1. The maximum Gasteiger partial charge on any atom is 0.245 e. The van der Waals surface area contributed by atoms with Crippen molar-refractivity contribution in [1.82, 2.24) is 10.3 Å². The Labute approximate surface area is 130 Å². The number of thioether (sulfide) groups is 1. The second kappa shape index (κ2) is 4.99. The average molecular weight is 318 g/mol. The molecule has 1 aromatic carbocycles. The van der Waals surface area contributed by atoms with E-state index in [0.29, 0.717) is 5.75 Å². The maximum absolute atomic E-state index is 11.6. The number of benzene rings is 1. The largest absolute Gasteiger partial charge is 0.384 e. The quantitative estimate of drug-likeness (QED) is 0.887. The molecular formula is C14H14N4OS2. The summed E-state index contributed by atoms with van der Waals surface area (Å²) in [4.78, 5) is 20.8. The Morgan fingerprint density at radius 3 is 3.24 bits per heavy atom. The molecule has 2 aliphatic heterocycles.